The smallest absolute Gasteiger partial charge is 0.128 e. The van der Waals surface area contributed by atoms with Gasteiger partial charge in [-0.05, 0) is 37.2 Å². The summed E-state index contributed by atoms with van der Waals surface area (Å²) in [6, 6.07) is 12.2. The molecule has 2 aromatic rings. The van der Waals surface area contributed by atoms with Crippen LogP contribution in [-0.2, 0) is 0 Å². The Bertz CT molecular complexity index is 620. The highest BCUT2D eigenvalue weighted by molar-refractivity contribution is 5.38. The lowest BCUT2D eigenvalue weighted by Gasteiger charge is -2.35. The van der Waals surface area contributed by atoms with E-state index in [1.807, 2.05) is 30.6 Å². The Kier molecular flexibility index (Phi) is 9.34. The van der Waals surface area contributed by atoms with E-state index in [1.165, 1.54) is 26.1 Å². The van der Waals surface area contributed by atoms with E-state index in [4.69, 9.17) is 5.73 Å². The van der Waals surface area contributed by atoms with Crippen LogP contribution in [0.5, 0.6) is 0 Å². The molecule has 0 aromatic carbocycles. The fourth-order valence-electron chi connectivity index (χ4n) is 3.98. The number of hydrogen-bond acceptors (Lipinski definition) is 7. The zero-order valence-corrected chi connectivity index (χ0v) is 18.4. The molecule has 0 bridgehead atoms. The number of hydrogen-bond donors (Lipinski definition) is 1. The molecule has 4 rings (SSSR count). The van der Waals surface area contributed by atoms with Gasteiger partial charge in [0.25, 0.3) is 0 Å². The van der Waals surface area contributed by atoms with Crippen LogP contribution < -0.4 is 15.5 Å². The normalized spacial score (nSPS) is 18.1. The highest BCUT2D eigenvalue weighted by Crippen LogP contribution is 2.13. The molecule has 7 heteroatoms. The number of nitrogens with zero attached hydrogens (tertiary/aromatic N) is 6. The van der Waals surface area contributed by atoms with Gasteiger partial charge in [0.2, 0.25) is 0 Å². The molecule has 4 heterocycles. The molecule has 0 spiro atoms. The molecule has 2 fully saturated rings. The Balaban J connectivity index is 0.000000171. The van der Waals surface area contributed by atoms with E-state index < -0.39 is 0 Å². The lowest BCUT2D eigenvalue weighted by molar-refractivity contribution is 0.258. The minimum absolute atomic E-state index is 0.754. The molecule has 2 aliphatic heterocycles. The minimum Gasteiger partial charge on any atom is -0.354 e. The Morgan fingerprint density at radius 2 is 1.17 bits per heavy atom. The molecule has 0 aliphatic carbocycles. The summed E-state index contributed by atoms with van der Waals surface area (Å²) < 4.78 is 0. The van der Waals surface area contributed by atoms with Gasteiger partial charge in [-0.25, -0.2) is 9.97 Å². The van der Waals surface area contributed by atoms with E-state index in [0.29, 0.717) is 0 Å². The number of nitrogens with two attached hydrogens (primary N) is 1. The number of anilines is 2. The average molecular weight is 412 g/mol. The zero-order chi connectivity index (χ0) is 21.0. The Labute approximate surface area is 181 Å². The van der Waals surface area contributed by atoms with Crippen LogP contribution in [0.4, 0.5) is 11.6 Å². The summed E-state index contributed by atoms with van der Waals surface area (Å²) in [5, 5.41) is 0. The molecule has 164 valence electrons. The summed E-state index contributed by atoms with van der Waals surface area (Å²) in [4.78, 5) is 18.4. The van der Waals surface area contributed by atoms with Gasteiger partial charge in [0.1, 0.15) is 11.6 Å². The van der Waals surface area contributed by atoms with Crippen molar-refractivity contribution in [2.24, 2.45) is 5.73 Å². The van der Waals surface area contributed by atoms with E-state index in [1.54, 1.807) is 0 Å². The van der Waals surface area contributed by atoms with Crippen LogP contribution >= 0.6 is 0 Å². The van der Waals surface area contributed by atoms with Gasteiger partial charge in [0, 0.05) is 77.8 Å². The average Bonchev–Trinajstić information content (AvgIpc) is 2.82. The molecule has 0 amide bonds. The van der Waals surface area contributed by atoms with Crippen molar-refractivity contribution >= 4 is 11.6 Å². The van der Waals surface area contributed by atoms with E-state index in [0.717, 1.165) is 64.0 Å². The molecule has 2 aromatic heterocycles. The summed E-state index contributed by atoms with van der Waals surface area (Å²) in [6.07, 6.45) is 4.97. The van der Waals surface area contributed by atoms with Crippen molar-refractivity contribution in [2.75, 3.05) is 81.8 Å². The molecule has 2 N–H and O–H groups in total. The first-order valence-corrected chi connectivity index (χ1v) is 11.3. The largest absolute Gasteiger partial charge is 0.354 e. The predicted octanol–water partition coefficient (Wildman–Crippen LogP) is 1.78. The zero-order valence-electron chi connectivity index (χ0n) is 18.4. The lowest BCUT2D eigenvalue weighted by atomic mass is 10.3. The summed E-state index contributed by atoms with van der Waals surface area (Å²) in [7, 11) is 0. The SMILES string of the molecule is CCCN1CCN(c2ccccn2)CC1.NCCN1CCN(c2ccccn2)CC1. The maximum atomic E-state index is 5.54. The Morgan fingerprint density at radius 1 is 0.700 bits per heavy atom. The van der Waals surface area contributed by atoms with Crippen molar-refractivity contribution in [2.45, 2.75) is 13.3 Å². The van der Waals surface area contributed by atoms with Crippen molar-refractivity contribution in [3.63, 3.8) is 0 Å². The third-order valence-corrected chi connectivity index (χ3v) is 5.68. The molecule has 0 saturated carbocycles. The monoisotopic (exact) mass is 411 g/mol. The van der Waals surface area contributed by atoms with Crippen molar-refractivity contribution in [3.8, 4) is 0 Å². The first-order chi connectivity index (χ1) is 14.8. The van der Waals surface area contributed by atoms with Crippen molar-refractivity contribution < 1.29 is 0 Å². The molecule has 30 heavy (non-hydrogen) atoms. The fraction of sp³-hybridized carbons (Fsp3) is 0.565. The van der Waals surface area contributed by atoms with Gasteiger partial charge in [-0.2, -0.15) is 0 Å². The quantitative estimate of drug-likeness (QED) is 0.777. The number of rotatable bonds is 6. The van der Waals surface area contributed by atoms with Crippen LogP contribution in [0.15, 0.2) is 48.8 Å². The molecule has 0 unspecified atom stereocenters. The van der Waals surface area contributed by atoms with Crippen molar-refractivity contribution in [1.82, 2.24) is 19.8 Å². The molecular weight excluding hydrogens is 374 g/mol. The van der Waals surface area contributed by atoms with Gasteiger partial charge in [-0.3, -0.25) is 9.80 Å². The molecule has 0 radical (unpaired) electrons. The van der Waals surface area contributed by atoms with Gasteiger partial charge in [0.15, 0.2) is 0 Å². The van der Waals surface area contributed by atoms with Crippen LogP contribution in [0.2, 0.25) is 0 Å². The third-order valence-electron chi connectivity index (χ3n) is 5.68. The van der Waals surface area contributed by atoms with Crippen LogP contribution in [0.1, 0.15) is 13.3 Å². The molecule has 2 aliphatic rings. The first kappa shape index (κ1) is 22.5. The minimum atomic E-state index is 0.754. The van der Waals surface area contributed by atoms with Gasteiger partial charge in [0.05, 0.1) is 0 Å². The van der Waals surface area contributed by atoms with Gasteiger partial charge >= 0.3 is 0 Å². The second-order valence-electron chi connectivity index (χ2n) is 7.82. The molecule has 2 saturated heterocycles. The van der Waals surface area contributed by atoms with E-state index >= 15 is 0 Å². The number of piperazine rings is 2. The van der Waals surface area contributed by atoms with Crippen LogP contribution in [0.25, 0.3) is 0 Å². The summed E-state index contributed by atoms with van der Waals surface area (Å²) in [5.74, 6) is 2.21. The lowest BCUT2D eigenvalue weighted by Crippen LogP contribution is -2.48. The number of pyridine rings is 2. The standard InChI is InChI=1S/C12H19N3.C11H18N4/c1-2-7-14-8-10-15(11-9-14)12-5-3-4-6-13-12;12-4-6-14-7-9-15(10-8-14)11-3-1-2-5-13-11/h3-6H,2,7-11H2,1H3;1-3,5H,4,6-10,12H2. The number of aromatic nitrogens is 2. The second kappa shape index (κ2) is 12.5. The Hall–Kier alpha value is -2.22. The Morgan fingerprint density at radius 3 is 1.53 bits per heavy atom. The fourth-order valence-corrected chi connectivity index (χ4v) is 3.98. The van der Waals surface area contributed by atoms with Gasteiger partial charge in [-0.15, -0.1) is 0 Å². The molecule has 7 nitrogen and oxygen atoms in total. The van der Waals surface area contributed by atoms with Gasteiger partial charge in [-0.1, -0.05) is 19.1 Å². The first-order valence-electron chi connectivity index (χ1n) is 11.3. The van der Waals surface area contributed by atoms with Crippen LogP contribution in [0.3, 0.4) is 0 Å². The highest BCUT2D eigenvalue weighted by atomic mass is 15.3. The summed E-state index contributed by atoms with van der Waals surface area (Å²) in [5.41, 5.74) is 5.54. The van der Waals surface area contributed by atoms with E-state index in [2.05, 4.69) is 54.7 Å². The summed E-state index contributed by atoms with van der Waals surface area (Å²) in [6.45, 7) is 14.1. The highest BCUT2D eigenvalue weighted by Gasteiger charge is 2.17. The van der Waals surface area contributed by atoms with E-state index in [9.17, 15) is 0 Å². The summed E-state index contributed by atoms with van der Waals surface area (Å²) >= 11 is 0. The maximum absolute atomic E-state index is 5.54. The second-order valence-corrected chi connectivity index (χ2v) is 7.82. The van der Waals surface area contributed by atoms with Crippen molar-refractivity contribution in [3.05, 3.63) is 48.8 Å². The van der Waals surface area contributed by atoms with E-state index in [-0.39, 0.29) is 0 Å². The topological polar surface area (TPSA) is 64.8 Å². The third kappa shape index (κ3) is 6.93. The molecule has 0 atom stereocenters. The van der Waals surface area contributed by atoms with Crippen molar-refractivity contribution in [1.29, 1.82) is 0 Å². The predicted molar refractivity (Wildman–Crippen MR) is 125 cm³/mol. The van der Waals surface area contributed by atoms with Gasteiger partial charge < -0.3 is 15.5 Å². The van der Waals surface area contributed by atoms with Crippen LogP contribution in [0, 0.1) is 0 Å². The molecular formula is C23H37N7. The van der Waals surface area contributed by atoms with Crippen LogP contribution in [-0.4, -0.2) is 91.8 Å². The maximum Gasteiger partial charge on any atom is 0.128 e.